The SMILES string of the molecule is COCCOCCOCCOc1c(C)cc(Br)cc1N. The molecule has 0 fully saturated rings. The van der Waals surface area contributed by atoms with Gasteiger partial charge in [0.25, 0.3) is 0 Å². The number of nitrogen functional groups attached to an aromatic ring is 1. The maximum Gasteiger partial charge on any atom is 0.145 e. The van der Waals surface area contributed by atoms with Gasteiger partial charge < -0.3 is 24.7 Å². The van der Waals surface area contributed by atoms with E-state index in [0.29, 0.717) is 51.1 Å². The lowest BCUT2D eigenvalue weighted by Gasteiger charge is -2.12. The summed E-state index contributed by atoms with van der Waals surface area (Å²) in [7, 11) is 1.65. The predicted octanol–water partition coefficient (Wildman–Crippen LogP) is 2.40. The van der Waals surface area contributed by atoms with E-state index in [9.17, 15) is 0 Å². The molecule has 0 aliphatic carbocycles. The number of hydrogen-bond acceptors (Lipinski definition) is 5. The van der Waals surface area contributed by atoms with Gasteiger partial charge in [0.05, 0.1) is 38.7 Å². The van der Waals surface area contributed by atoms with Crippen LogP contribution in [0.2, 0.25) is 0 Å². The van der Waals surface area contributed by atoms with Crippen LogP contribution >= 0.6 is 15.9 Å². The third-order valence-electron chi connectivity index (χ3n) is 2.55. The molecule has 0 saturated carbocycles. The first-order valence-corrected chi connectivity index (χ1v) is 7.27. The number of ether oxygens (including phenoxy) is 4. The second-order valence-electron chi connectivity index (χ2n) is 4.21. The Morgan fingerprint density at radius 3 is 2.20 bits per heavy atom. The van der Waals surface area contributed by atoms with Crippen molar-refractivity contribution >= 4 is 21.6 Å². The minimum atomic E-state index is 0.463. The van der Waals surface area contributed by atoms with Crippen LogP contribution in [0.15, 0.2) is 16.6 Å². The molecule has 6 heteroatoms. The molecule has 114 valence electrons. The molecule has 0 aromatic heterocycles. The van der Waals surface area contributed by atoms with E-state index >= 15 is 0 Å². The topological polar surface area (TPSA) is 62.9 Å². The Kier molecular flexibility index (Phi) is 8.60. The van der Waals surface area contributed by atoms with Crippen molar-refractivity contribution in [2.45, 2.75) is 6.92 Å². The predicted molar refractivity (Wildman–Crippen MR) is 82.3 cm³/mol. The number of aryl methyl sites for hydroxylation is 1. The van der Waals surface area contributed by atoms with Crippen LogP contribution in [0.5, 0.6) is 5.75 Å². The first-order valence-electron chi connectivity index (χ1n) is 6.48. The van der Waals surface area contributed by atoms with Crippen LogP contribution in [0.1, 0.15) is 5.56 Å². The average Bonchev–Trinajstić information content (AvgIpc) is 2.39. The van der Waals surface area contributed by atoms with Crippen molar-refractivity contribution in [3.8, 4) is 5.75 Å². The highest BCUT2D eigenvalue weighted by molar-refractivity contribution is 9.10. The van der Waals surface area contributed by atoms with Crippen LogP contribution in [-0.4, -0.2) is 46.8 Å². The van der Waals surface area contributed by atoms with Crippen LogP contribution in [-0.2, 0) is 14.2 Å². The molecule has 0 atom stereocenters. The summed E-state index contributed by atoms with van der Waals surface area (Å²) in [6.07, 6.45) is 0. The lowest BCUT2D eigenvalue weighted by atomic mass is 10.2. The molecule has 0 aliphatic heterocycles. The van der Waals surface area contributed by atoms with Gasteiger partial charge in [-0.3, -0.25) is 0 Å². The van der Waals surface area contributed by atoms with E-state index in [-0.39, 0.29) is 0 Å². The maximum absolute atomic E-state index is 5.90. The van der Waals surface area contributed by atoms with Gasteiger partial charge in [-0.05, 0) is 24.6 Å². The summed E-state index contributed by atoms with van der Waals surface area (Å²) in [5.74, 6) is 0.716. The summed E-state index contributed by atoms with van der Waals surface area (Å²) in [5, 5.41) is 0. The normalized spacial score (nSPS) is 10.8. The fourth-order valence-corrected chi connectivity index (χ4v) is 2.21. The quantitative estimate of drug-likeness (QED) is 0.520. The largest absolute Gasteiger partial charge is 0.489 e. The number of halogens is 1. The highest BCUT2D eigenvalue weighted by Gasteiger charge is 2.06. The molecule has 0 spiro atoms. The Balaban J connectivity index is 2.13. The van der Waals surface area contributed by atoms with Crippen molar-refractivity contribution in [2.75, 3.05) is 52.5 Å². The van der Waals surface area contributed by atoms with Gasteiger partial charge in [0.1, 0.15) is 12.4 Å². The van der Waals surface area contributed by atoms with E-state index in [2.05, 4.69) is 15.9 Å². The third kappa shape index (κ3) is 6.56. The molecule has 0 bridgehead atoms. The minimum absolute atomic E-state index is 0.463. The monoisotopic (exact) mass is 347 g/mol. The van der Waals surface area contributed by atoms with Gasteiger partial charge in [-0.2, -0.15) is 0 Å². The van der Waals surface area contributed by atoms with E-state index in [1.165, 1.54) is 0 Å². The summed E-state index contributed by atoms with van der Waals surface area (Å²) in [6.45, 7) is 5.22. The van der Waals surface area contributed by atoms with Crippen LogP contribution in [0.25, 0.3) is 0 Å². The second kappa shape index (κ2) is 9.99. The van der Waals surface area contributed by atoms with Gasteiger partial charge in [0.15, 0.2) is 0 Å². The molecule has 0 radical (unpaired) electrons. The smallest absolute Gasteiger partial charge is 0.145 e. The minimum Gasteiger partial charge on any atom is -0.489 e. The number of anilines is 1. The van der Waals surface area contributed by atoms with Crippen molar-refractivity contribution < 1.29 is 18.9 Å². The molecule has 1 rings (SSSR count). The molecule has 0 heterocycles. The molecule has 1 aromatic rings. The lowest BCUT2D eigenvalue weighted by Crippen LogP contribution is -2.13. The summed E-state index contributed by atoms with van der Waals surface area (Å²) in [4.78, 5) is 0. The summed E-state index contributed by atoms with van der Waals surface area (Å²) >= 11 is 3.39. The van der Waals surface area contributed by atoms with Gasteiger partial charge in [0, 0.05) is 11.6 Å². The zero-order chi connectivity index (χ0) is 14.8. The Labute approximate surface area is 128 Å². The van der Waals surface area contributed by atoms with Gasteiger partial charge in [-0.25, -0.2) is 0 Å². The number of methoxy groups -OCH3 is 1. The summed E-state index contributed by atoms with van der Waals surface area (Å²) < 4.78 is 22.1. The molecule has 0 amide bonds. The zero-order valence-corrected chi connectivity index (χ0v) is 13.6. The Morgan fingerprint density at radius 1 is 1.00 bits per heavy atom. The number of benzene rings is 1. The van der Waals surface area contributed by atoms with Crippen LogP contribution < -0.4 is 10.5 Å². The highest BCUT2D eigenvalue weighted by Crippen LogP contribution is 2.29. The Bertz CT molecular complexity index is 378. The number of hydrogen-bond donors (Lipinski definition) is 1. The third-order valence-corrected chi connectivity index (χ3v) is 3.00. The van der Waals surface area contributed by atoms with Crippen molar-refractivity contribution in [2.24, 2.45) is 0 Å². The fraction of sp³-hybridized carbons (Fsp3) is 0.571. The summed E-state index contributed by atoms with van der Waals surface area (Å²) in [6, 6.07) is 3.79. The first kappa shape index (κ1) is 17.2. The van der Waals surface area contributed by atoms with Crippen molar-refractivity contribution in [1.29, 1.82) is 0 Å². The lowest BCUT2D eigenvalue weighted by molar-refractivity contribution is 0.0180. The van der Waals surface area contributed by atoms with Crippen LogP contribution in [0.4, 0.5) is 5.69 Å². The standard InChI is InChI=1S/C14H22BrNO4/c1-11-9-12(15)10-13(16)14(11)20-8-7-19-6-5-18-4-3-17-2/h9-10H,3-8,16H2,1-2H3. The molecular formula is C14H22BrNO4. The van der Waals surface area contributed by atoms with E-state index < -0.39 is 0 Å². The van der Waals surface area contributed by atoms with Gasteiger partial charge >= 0.3 is 0 Å². The zero-order valence-electron chi connectivity index (χ0n) is 12.0. The first-order chi connectivity index (χ1) is 9.65. The van der Waals surface area contributed by atoms with Crippen molar-refractivity contribution in [1.82, 2.24) is 0 Å². The molecule has 0 saturated heterocycles. The average molecular weight is 348 g/mol. The molecule has 1 aromatic carbocycles. The van der Waals surface area contributed by atoms with Gasteiger partial charge in [-0.1, -0.05) is 15.9 Å². The van der Waals surface area contributed by atoms with E-state index in [0.717, 1.165) is 10.0 Å². The van der Waals surface area contributed by atoms with E-state index in [1.54, 1.807) is 7.11 Å². The fourth-order valence-electron chi connectivity index (χ4n) is 1.62. The highest BCUT2D eigenvalue weighted by atomic mass is 79.9. The van der Waals surface area contributed by atoms with Crippen LogP contribution in [0, 0.1) is 6.92 Å². The Morgan fingerprint density at radius 2 is 1.60 bits per heavy atom. The van der Waals surface area contributed by atoms with E-state index in [1.807, 2.05) is 19.1 Å². The number of nitrogens with two attached hydrogens (primary N) is 1. The maximum atomic E-state index is 5.90. The van der Waals surface area contributed by atoms with Gasteiger partial charge in [-0.15, -0.1) is 0 Å². The molecule has 0 aliphatic rings. The van der Waals surface area contributed by atoms with Crippen LogP contribution in [0.3, 0.4) is 0 Å². The second-order valence-corrected chi connectivity index (χ2v) is 5.12. The summed E-state index contributed by atoms with van der Waals surface area (Å²) in [5.41, 5.74) is 7.53. The van der Waals surface area contributed by atoms with Gasteiger partial charge in [0.2, 0.25) is 0 Å². The molecular weight excluding hydrogens is 326 g/mol. The molecule has 5 nitrogen and oxygen atoms in total. The Hall–Kier alpha value is -0.820. The molecule has 2 N–H and O–H groups in total. The van der Waals surface area contributed by atoms with Crippen molar-refractivity contribution in [3.05, 3.63) is 22.2 Å². The van der Waals surface area contributed by atoms with E-state index in [4.69, 9.17) is 24.7 Å². The molecule has 20 heavy (non-hydrogen) atoms. The number of rotatable bonds is 10. The molecule has 0 unspecified atom stereocenters. The van der Waals surface area contributed by atoms with Crippen molar-refractivity contribution in [3.63, 3.8) is 0 Å².